The number of rotatable bonds is 3. The van der Waals surface area contributed by atoms with Crippen molar-refractivity contribution in [3.05, 3.63) is 164 Å². The second-order valence-electron chi connectivity index (χ2n) is 13.3. The minimum Gasteiger partial charge on any atom is -0.508 e. The fourth-order valence-electron chi connectivity index (χ4n) is 8.94. The molecule has 0 heterocycles. The normalized spacial score (nSPS) is 12.2. The van der Waals surface area contributed by atoms with Gasteiger partial charge >= 0.3 is 0 Å². The highest BCUT2D eigenvalue weighted by molar-refractivity contribution is 6.45. The van der Waals surface area contributed by atoms with E-state index in [2.05, 4.69) is 146 Å². The summed E-state index contributed by atoms with van der Waals surface area (Å²) < 4.78 is 0. The van der Waals surface area contributed by atoms with E-state index in [0.717, 1.165) is 11.1 Å². The molecule has 0 aliphatic rings. The number of phenolic OH excluding ortho intramolecular Hbond substituents is 1. The van der Waals surface area contributed by atoms with Crippen molar-refractivity contribution >= 4 is 75.4 Å². The van der Waals surface area contributed by atoms with Gasteiger partial charge < -0.3 is 5.11 Å². The van der Waals surface area contributed by atoms with Gasteiger partial charge in [-0.15, -0.1) is 0 Å². The number of hydrogen-bond donors (Lipinski definition) is 1. The lowest BCUT2D eigenvalue weighted by molar-refractivity contribution is 0.475. The third-order valence-corrected chi connectivity index (χ3v) is 10.8. The molecule has 11 aromatic carbocycles. The molecule has 0 bridgehead atoms. The van der Waals surface area contributed by atoms with Gasteiger partial charge in [0.2, 0.25) is 0 Å². The molecule has 0 aliphatic carbocycles. The van der Waals surface area contributed by atoms with Crippen LogP contribution in [0, 0.1) is 0 Å². The Labute approximate surface area is 282 Å². The molecule has 0 fully saturated rings. The zero-order chi connectivity index (χ0) is 32.2. The van der Waals surface area contributed by atoms with Crippen LogP contribution in [0.2, 0.25) is 0 Å². The lowest BCUT2D eigenvalue weighted by Crippen LogP contribution is -1.91. The van der Waals surface area contributed by atoms with Crippen LogP contribution in [0.1, 0.15) is 0 Å². The number of hydrogen-bond acceptors (Lipinski definition) is 1. The Morgan fingerprint density at radius 2 is 0.776 bits per heavy atom. The molecule has 0 atom stereocenters. The second kappa shape index (κ2) is 9.79. The van der Waals surface area contributed by atoms with E-state index >= 15 is 0 Å². The van der Waals surface area contributed by atoms with Crippen LogP contribution in [-0.4, -0.2) is 5.11 Å². The molecule has 0 unspecified atom stereocenters. The smallest absolute Gasteiger partial charge is 0.116 e. The number of fused-ring (bicyclic) bond motifs is 8. The Morgan fingerprint density at radius 3 is 1.51 bits per heavy atom. The first-order valence-electron chi connectivity index (χ1n) is 16.9. The molecule has 11 aromatic rings. The van der Waals surface area contributed by atoms with E-state index in [1.165, 1.54) is 97.7 Å². The van der Waals surface area contributed by atoms with Gasteiger partial charge in [-0.2, -0.15) is 0 Å². The summed E-state index contributed by atoms with van der Waals surface area (Å²) in [7, 11) is 0. The molecule has 0 aromatic heterocycles. The Morgan fingerprint density at radius 1 is 0.265 bits per heavy atom. The number of phenols is 1. The first-order chi connectivity index (χ1) is 24.3. The van der Waals surface area contributed by atoms with Crippen LogP contribution in [0.25, 0.3) is 109 Å². The van der Waals surface area contributed by atoms with Crippen LogP contribution in [0.3, 0.4) is 0 Å². The zero-order valence-corrected chi connectivity index (χ0v) is 26.5. The van der Waals surface area contributed by atoms with Crippen molar-refractivity contribution in [2.75, 3.05) is 0 Å². The van der Waals surface area contributed by atoms with Crippen molar-refractivity contribution in [1.82, 2.24) is 0 Å². The minimum atomic E-state index is 0.276. The standard InChI is InChI=1S/C48H28O/c49-31-17-9-16-30(26-31)32-24-25-39-44-35(32)20-10-23-38(44)48-43(29-14-5-2-6-15-29)46-37-22-11-21-36-33-18-7-8-19-34(33)40(45(36)37)27-41(46)42(47(39)48)28-12-3-1-4-13-28/h1-27,49H. The van der Waals surface area contributed by atoms with Crippen molar-refractivity contribution in [3.63, 3.8) is 0 Å². The van der Waals surface area contributed by atoms with Crippen molar-refractivity contribution in [2.45, 2.75) is 0 Å². The van der Waals surface area contributed by atoms with Crippen molar-refractivity contribution < 1.29 is 5.11 Å². The van der Waals surface area contributed by atoms with Crippen LogP contribution >= 0.6 is 0 Å². The monoisotopic (exact) mass is 620 g/mol. The predicted molar refractivity (Wildman–Crippen MR) is 209 cm³/mol. The zero-order valence-electron chi connectivity index (χ0n) is 26.5. The van der Waals surface area contributed by atoms with Crippen LogP contribution < -0.4 is 0 Å². The third kappa shape index (κ3) is 3.54. The van der Waals surface area contributed by atoms with Gasteiger partial charge in [-0.3, -0.25) is 0 Å². The number of aromatic hydroxyl groups is 1. The average Bonchev–Trinajstić information content (AvgIpc) is 3.66. The Hall–Kier alpha value is -6.44. The van der Waals surface area contributed by atoms with Crippen LogP contribution in [0.4, 0.5) is 0 Å². The highest BCUT2D eigenvalue weighted by atomic mass is 16.3. The first-order valence-corrected chi connectivity index (χ1v) is 16.9. The van der Waals surface area contributed by atoms with E-state index in [9.17, 15) is 5.11 Å². The van der Waals surface area contributed by atoms with Gasteiger partial charge in [0.05, 0.1) is 0 Å². The summed E-state index contributed by atoms with van der Waals surface area (Å²) >= 11 is 0. The summed E-state index contributed by atoms with van der Waals surface area (Å²) in [6.07, 6.45) is 0. The molecule has 1 heteroatoms. The van der Waals surface area contributed by atoms with E-state index in [1.807, 2.05) is 12.1 Å². The summed E-state index contributed by atoms with van der Waals surface area (Å²) in [6, 6.07) is 59.1. The third-order valence-electron chi connectivity index (χ3n) is 10.8. The summed E-state index contributed by atoms with van der Waals surface area (Å²) in [6.45, 7) is 0. The fraction of sp³-hybridized carbons (Fsp3) is 0. The molecule has 0 saturated carbocycles. The van der Waals surface area contributed by atoms with E-state index in [4.69, 9.17) is 0 Å². The molecule has 11 rings (SSSR count). The van der Waals surface area contributed by atoms with E-state index in [-0.39, 0.29) is 5.75 Å². The topological polar surface area (TPSA) is 20.2 Å². The molecule has 0 spiro atoms. The van der Waals surface area contributed by atoms with E-state index < -0.39 is 0 Å². The average molecular weight is 621 g/mol. The molecule has 0 radical (unpaired) electrons. The lowest BCUT2D eigenvalue weighted by Gasteiger charge is -2.19. The molecule has 226 valence electrons. The fourth-order valence-corrected chi connectivity index (χ4v) is 8.94. The molecular formula is C48H28O. The molecular weight excluding hydrogens is 593 g/mol. The first kappa shape index (κ1) is 26.6. The van der Waals surface area contributed by atoms with Gasteiger partial charge in [0.15, 0.2) is 0 Å². The van der Waals surface area contributed by atoms with Crippen LogP contribution in [0.15, 0.2) is 164 Å². The second-order valence-corrected chi connectivity index (χ2v) is 13.3. The van der Waals surface area contributed by atoms with Crippen LogP contribution in [0.5, 0.6) is 5.75 Å². The molecule has 1 N–H and O–H groups in total. The van der Waals surface area contributed by atoms with Crippen LogP contribution in [-0.2, 0) is 0 Å². The molecule has 1 nitrogen and oxygen atoms in total. The Bertz CT molecular complexity index is 3080. The predicted octanol–water partition coefficient (Wildman–Crippen LogP) is 13.3. The summed E-state index contributed by atoms with van der Waals surface area (Å²) in [5.41, 5.74) is 7.14. The summed E-state index contributed by atoms with van der Waals surface area (Å²) in [5, 5.41) is 28.5. The lowest BCUT2D eigenvalue weighted by atomic mass is 9.84. The van der Waals surface area contributed by atoms with Gasteiger partial charge in [0.1, 0.15) is 5.75 Å². The minimum absolute atomic E-state index is 0.276. The molecule has 0 aliphatic heterocycles. The van der Waals surface area contributed by atoms with Crippen molar-refractivity contribution in [1.29, 1.82) is 0 Å². The maximum absolute atomic E-state index is 10.4. The summed E-state index contributed by atoms with van der Waals surface area (Å²) in [5.74, 6) is 0.276. The number of benzene rings is 9. The summed E-state index contributed by atoms with van der Waals surface area (Å²) in [4.78, 5) is 0. The van der Waals surface area contributed by atoms with Crippen molar-refractivity contribution in [2.24, 2.45) is 0 Å². The van der Waals surface area contributed by atoms with Gasteiger partial charge in [0.25, 0.3) is 0 Å². The molecule has 49 heavy (non-hydrogen) atoms. The Balaban J connectivity index is 1.46. The quantitative estimate of drug-likeness (QED) is 0.195. The molecule has 0 saturated heterocycles. The van der Waals surface area contributed by atoms with Gasteiger partial charge in [0, 0.05) is 0 Å². The Kier molecular flexibility index (Phi) is 5.32. The van der Waals surface area contributed by atoms with Gasteiger partial charge in [-0.1, -0.05) is 146 Å². The molecule has 0 amide bonds. The van der Waals surface area contributed by atoms with Gasteiger partial charge in [-0.05, 0) is 127 Å². The van der Waals surface area contributed by atoms with E-state index in [1.54, 1.807) is 6.07 Å². The maximum Gasteiger partial charge on any atom is 0.116 e. The SMILES string of the molecule is Oc1cccc(-c2ccc3c4c(-c5ccccc5)c5cc6c7ccccc7c7cccc(c5c(-c5ccccc5)c4c4cccc2c34)c76)c1. The highest BCUT2D eigenvalue weighted by Gasteiger charge is 2.26. The van der Waals surface area contributed by atoms with E-state index in [0.29, 0.717) is 0 Å². The van der Waals surface area contributed by atoms with Crippen molar-refractivity contribution in [3.8, 4) is 39.1 Å². The maximum atomic E-state index is 10.4. The largest absolute Gasteiger partial charge is 0.508 e. The van der Waals surface area contributed by atoms with Gasteiger partial charge in [-0.25, -0.2) is 0 Å². The highest BCUT2D eigenvalue weighted by Crippen LogP contribution is 2.55.